The second kappa shape index (κ2) is 15.2. The monoisotopic (exact) mass is 743 g/mol. The van der Waals surface area contributed by atoms with Crippen LogP contribution in [0.3, 0.4) is 0 Å². The fourth-order valence-corrected chi connectivity index (χ4v) is 5.11. The maximum atomic E-state index is 12.9. The van der Waals surface area contributed by atoms with E-state index in [1.807, 2.05) is 0 Å². The van der Waals surface area contributed by atoms with Crippen LogP contribution in [-0.2, 0) is 28.6 Å². The normalized spacial score (nSPS) is 13.3. The van der Waals surface area contributed by atoms with Gasteiger partial charge >= 0.3 is 12.1 Å². The summed E-state index contributed by atoms with van der Waals surface area (Å²) in [5.41, 5.74) is -0.321. The Balaban J connectivity index is 3.02. The molecule has 3 atom stereocenters. The lowest BCUT2D eigenvalue weighted by atomic mass is 10.1. The number of rotatable bonds is 11. The number of terminal acetylenes is 1. The van der Waals surface area contributed by atoms with Crippen molar-refractivity contribution in [3.63, 3.8) is 0 Å². The van der Waals surface area contributed by atoms with Crippen molar-refractivity contribution >= 4 is 69.1 Å². The van der Waals surface area contributed by atoms with Gasteiger partial charge in [0.05, 0.1) is 28.0 Å². The van der Waals surface area contributed by atoms with Gasteiger partial charge in [-0.25, -0.2) is 9.59 Å². The van der Waals surface area contributed by atoms with E-state index in [0.717, 1.165) is 7.14 Å². The molecule has 0 aliphatic carbocycles. The number of carbonyl (C=O) groups excluding carboxylic acids is 4. The third kappa shape index (κ3) is 10.9. The van der Waals surface area contributed by atoms with E-state index >= 15 is 0 Å². The van der Waals surface area contributed by atoms with Crippen molar-refractivity contribution in [1.29, 1.82) is 0 Å². The van der Waals surface area contributed by atoms with Crippen LogP contribution in [0.15, 0.2) is 12.1 Å². The number of halogens is 2. The minimum Gasteiger partial charge on any atom is -0.495 e. The van der Waals surface area contributed by atoms with Crippen LogP contribution in [0.2, 0.25) is 0 Å². The first-order valence-electron chi connectivity index (χ1n) is 11.0. The van der Waals surface area contributed by atoms with Gasteiger partial charge in [-0.3, -0.25) is 9.59 Å². The molecule has 0 aliphatic rings. The van der Waals surface area contributed by atoms with E-state index < -0.39 is 47.6 Å². The first kappa shape index (κ1) is 32.7. The first-order valence-corrected chi connectivity index (χ1v) is 13.1. The Bertz CT molecular complexity index is 1010. The number of amides is 3. The molecule has 0 radical (unpaired) electrons. The molecular formula is C24H31I2N3O8. The highest BCUT2D eigenvalue weighted by atomic mass is 127. The van der Waals surface area contributed by atoms with Crippen LogP contribution in [0.1, 0.15) is 39.3 Å². The molecule has 11 nitrogen and oxygen atoms in total. The Morgan fingerprint density at radius 2 is 1.62 bits per heavy atom. The summed E-state index contributed by atoms with van der Waals surface area (Å²) in [5.74, 6) is 0.827. The zero-order valence-electron chi connectivity index (χ0n) is 21.4. The van der Waals surface area contributed by atoms with Crippen molar-refractivity contribution in [2.75, 3.05) is 27.4 Å². The predicted molar refractivity (Wildman–Crippen MR) is 152 cm³/mol. The first-order chi connectivity index (χ1) is 17.2. The summed E-state index contributed by atoms with van der Waals surface area (Å²) >= 11 is 4.12. The van der Waals surface area contributed by atoms with Gasteiger partial charge in [-0.2, -0.15) is 0 Å². The lowest BCUT2D eigenvalue weighted by Gasteiger charge is -2.25. The third-order valence-corrected chi connectivity index (χ3v) is 6.11. The molecule has 0 bridgehead atoms. The van der Waals surface area contributed by atoms with Gasteiger partial charge in [0.1, 0.15) is 30.0 Å². The highest BCUT2D eigenvalue weighted by Crippen LogP contribution is 2.31. The van der Waals surface area contributed by atoms with Gasteiger partial charge in [0.15, 0.2) is 6.04 Å². The standard InChI is InChI=1S/C24H31I2N3O8/c1-8-9-36-12-17(28-23(33)37-24(3,4)5)21(31)27-13(2)20(30)29-18(22(32)35-7)14-10-15(25)19(34-6)16(26)11-14/h1,10-11,13,17-18H,9,12H2,2-7H3,(H,27,31)(H,28,33)(H,29,30)/t13-,17+,18+/m1/s1. The number of esters is 1. The SMILES string of the molecule is C#CCOC[C@H](NC(=O)OC(C)(C)C)C(=O)N[C@H](C)C(=O)N[C@H](C(=O)OC)c1cc(I)c(OC)c(I)c1. The van der Waals surface area contributed by atoms with E-state index in [-0.39, 0.29) is 13.2 Å². The van der Waals surface area contributed by atoms with E-state index in [0.29, 0.717) is 11.3 Å². The largest absolute Gasteiger partial charge is 0.495 e. The van der Waals surface area contributed by atoms with Crippen LogP contribution >= 0.6 is 45.2 Å². The summed E-state index contributed by atoms with van der Waals surface area (Å²) in [4.78, 5) is 50.5. The third-order valence-electron chi connectivity index (χ3n) is 4.51. The number of nitrogens with one attached hydrogen (secondary N) is 3. The lowest BCUT2D eigenvalue weighted by molar-refractivity contribution is -0.145. The van der Waals surface area contributed by atoms with E-state index in [1.165, 1.54) is 21.1 Å². The summed E-state index contributed by atoms with van der Waals surface area (Å²) in [6.45, 7) is 6.10. The van der Waals surface area contributed by atoms with Gasteiger partial charge in [-0.15, -0.1) is 6.42 Å². The number of carbonyl (C=O) groups is 4. The number of hydrogen-bond acceptors (Lipinski definition) is 8. The van der Waals surface area contributed by atoms with Gasteiger partial charge in [-0.05, 0) is 90.6 Å². The summed E-state index contributed by atoms with van der Waals surface area (Å²) in [7, 11) is 2.74. The molecule has 204 valence electrons. The van der Waals surface area contributed by atoms with Gasteiger partial charge < -0.3 is 34.9 Å². The zero-order valence-corrected chi connectivity index (χ0v) is 25.7. The Morgan fingerprint density at radius 3 is 2.11 bits per heavy atom. The quantitative estimate of drug-likeness (QED) is 0.136. The smallest absolute Gasteiger partial charge is 0.408 e. The summed E-state index contributed by atoms with van der Waals surface area (Å²) in [6.07, 6.45) is 4.33. The molecule has 0 heterocycles. The van der Waals surface area contributed by atoms with Crippen LogP contribution in [0, 0.1) is 19.5 Å². The molecule has 0 aromatic heterocycles. The number of ether oxygens (including phenoxy) is 4. The molecule has 37 heavy (non-hydrogen) atoms. The van der Waals surface area contributed by atoms with E-state index in [9.17, 15) is 19.2 Å². The molecule has 0 aliphatic heterocycles. The van der Waals surface area contributed by atoms with Crippen molar-refractivity contribution in [3.05, 3.63) is 24.8 Å². The lowest BCUT2D eigenvalue weighted by Crippen LogP contribution is -2.55. The molecular weight excluding hydrogens is 712 g/mol. The van der Waals surface area contributed by atoms with Crippen molar-refractivity contribution < 1.29 is 38.1 Å². The van der Waals surface area contributed by atoms with Crippen LogP contribution in [0.5, 0.6) is 5.75 Å². The van der Waals surface area contributed by atoms with Crippen molar-refractivity contribution in [1.82, 2.24) is 16.0 Å². The molecule has 0 fully saturated rings. The number of methoxy groups -OCH3 is 2. The van der Waals surface area contributed by atoms with E-state index in [2.05, 4.69) is 67.1 Å². The molecule has 0 spiro atoms. The topological polar surface area (TPSA) is 141 Å². The van der Waals surface area contributed by atoms with Crippen LogP contribution in [0.25, 0.3) is 0 Å². The maximum absolute atomic E-state index is 12.9. The Kier molecular flexibility index (Phi) is 13.4. The van der Waals surface area contributed by atoms with E-state index in [1.54, 1.807) is 32.9 Å². The molecule has 1 rings (SSSR count). The average molecular weight is 743 g/mol. The van der Waals surface area contributed by atoms with Crippen LogP contribution in [-0.4, -0.2) is 69.0 Å². The Hall–Kier alpha value is -2.32. The molecule has 1 aromatic rings. The van der Waals surface area contributed by atoms with Crippen LogP contribution < -0.4 is 20.7 Å². The second-order valence-electron chi connectivity index (χ2n) is 8.63. The van der Waals surface area contributed by atoms with Crippen molar-refractivity contribution in [3.8, 4) is 18.1 Å². The van der Waals surface area contributed by atoms with Crippen molar-refractivity contribution in [2.45, 2.75) is 51.4 Å². The predicted octanol–water partition coefficient (Wildman–Crippen LogP) is 2.28. The minimum absolute atomic E-state index is 0.0872. The minimum atomic E-state index is -1.19. The maximum Gasteiger partial charge on any atom is 0.408 e. The summed E-state index contributed by atoms with van der Waals surface area (Å²) < 4.78 is 22.1. The molecule has 3 amide bonds. The number of alkyl carbamates (subject to hydrolysis) is 1. The molecule has 0 unspecified atom stereocenters. The average Bonchev–Trinajstić information content (AvgIpc) is 2.79. The fourth-order valence-electron chi connectivity index (χ4n) is 2.85. The number of hydrogen-bond donors (Lipinski definition) is 3. The van der Waals surface area contributed by atoms with Gasteiger partial charge in [0.2, 0.25) is 11.8 Å². The number of benzene rings is 1. The zero-order chi connectivity index (χ0) is 28.3. The second-order valence-corrected chi connectivity index (χ2v) is 11.0. The molecule has 3 N–H and O–H groups in total. The van der Waals surface area contributed by atoms with E-state index in [4.69, 9.17) is 25.4 Å². The van der Waals surface area contributed by atoms with Crippen molar-refractivity contribution in [2.24, 2.45) is 0 Å². The summed E-state index contributed by atoms with van der Waals surface area (Å²) in [6, 6.07) is -0.0438. The molecule has 0 saturated carbocycles. The van der Waals surface area contributed by atoms with Gasteiger partial charge in [0, 0.05) is 0 Å². The molecule has 13 heteroatoms. The van der Waals surface area contributed by atoms with Gasteiger partial charge in [-0.1, -0.05) is 5.92 Å². The fraction of sp³-hybridized carbons (Fsp3) is 0.500. The highest BCUT2D eigenvalue weighted by Gasteiger charge is 2.30. The Morgan fingerprint density at radius 1 is 1.03 bits per heavy atom. The highest BCUT2D eigenvalue weighted by molar-refractivity contribution is 14.1. The van der Waals surface area contributed by atoms with Crippen LogP contribution in [0.4, 0.5) is 4.79 Å². The Labute approximate surface area is 243 Å². The van der Waals surface area contributed by atoms with Gasteiger partial charge in [0.25, 0.3) is 0 Å². The molecule has 1 aromatic carbocycles. The summed E-state index contributed by atoms with van der Waals surface area (Å²) in [5, 5.41) is 7.51. The molecule has 0 saturated heterocycles.